The van der Waals surface area contributed by atoms with Crippen molar-refractivity contribution in [1.82, 2.24) is 0 Å². The van der Waals surface area contributed by atoms with Crippen LogP contribution in [-0.2, 0) is 4.79 Å². The highest BCUT2D eigenvalue weighted by Crippen LogP contribution is 2.65. The number of ketones is 1. The zero-order chi connectivity index (χ0) is 15.5. The molecule has 4 aliphatic rings. The Morgan fingerprint density at radius 2 is 1.95 bits per heavy atom. The third kappa shape index (κ3) is 1.67. The van der Waals surface area contributed by atoms with Crippen LogP contribution in [-0.4, -0.2) is 5.78 Å². The van der Waals surface area contributed by atoms with Gasteiger partial charge < -0.3 is 0 Å². The molecule has 0 heterocycles. The van der Waals surface area contributed by atoms with Gasteiger partial charge >= 0.3 is 0 Å². The molecule has 0 saturated heterocycles. The first kappa shape index (κ1) is 14.7. The van der Waals surface area contributed by atoms with Crippen LogP contribution in [0.4, 0.5) is 4.39 Å². The van der Waals surface area contributed by atoms with Crippen LogP contribution in [0.15, 0.2) is 23.6 Å². The zero-order valence-corrected chi connectivity index (χ0v) is 13.8. The molecule has 0 spiro atoms. The first-order valence-electron chi connectivity index (χ1n) is 9.04. The molecule has 0 bridgehead atoms. The van der Waals surface area contributed by atoms with E-state index in [1.807, 2.05) is 0 Å². The predicted molar refractivity (Wildman–Crippen MR) is 85.9 cm³/mol. The van der Waals surface area contributed by atoms with Crippen LogP contribution >= 0.6 is 0 Å². The lowest BCUT2D eigenvalue weighted by Crippen LogP contribution is -2.50. The summed E-state index contributed by atoms with van der Waals surface area (Å²) in [5, 5.41) is 0. The number of fused-ring (bicyclic) bond motifs is 5. The fourth-order valence-corrected chi connectivity index (χ4v) is 6.59. The van der Waals surface area contributed by atoms with Gasteiger partial charge in [0.1, 0.15) is 5.78 Å². The van der Waals surface area contributed by atoms with Gasteiger partial charge in [-0.2, -0.15) is 0 Å². The van der Waals surface area contributed by atoms with Crippen LogP contribution in [0.25, 0.3) is 0 Å². The highest BCUT2D eigenvalue weighted by atomic mass is 19.1. The summed E-state index contributed by atoms with van der Waals surface area (Å²) in [4.78, 5) is 12.4. The summed E-state index contributed by atoms with van der Waals surface area (Å²) >= 11 is 0. The molecule has 0 aromatic heterocycles. The topological polar surface area (TPSA) is 17.1 Å². The van der Waals surface area contributed by atoms with Gasteiger partial charge in [0.2, 0.25) is 0 Å². The van der Waals surface area contributed by atoms with Crippen molar-refractivity contribution in [1.29, 1.82) is 0 Å². The average Bonchev–Trinajstić information content (AvgIpc) is 2.82. The molecule has 120 valence electrons. The lowest BCUT2D eigenvalue weighted by molar-refractivity contribution is -0.131. The first-order chi connectivity index (χ1) is 10.5. The molecule has 0 N–H and O–H groups in total. The molecule has 4 rings (SSSR count). The predicted octanol–water partition coefficient (Wildman–Crippen LogP) is 5.37. The second-order valence-electron chi connectivity index (χ2n) is 8.44. The van der Waals surface area contributed by atoms with Crippen LogP contribution in [0.5, 0.6) is 0 Å². The monoisotopic (exact) mass is 302 g/mol. The van der Waals surface area contributed by atoms with Gasteiger partial charge in [0.15, 0.2) is 0 Å². The van der Waals surface area contributed by atoms with Gasteiger partial charge in [-0.05, 0) is 68.3 Å². The summed E-state index contributed by atoms with van der Waals surface area (Å²) in [5.74, 6) is 2.19. The number of halogens is 1. The molecule has 5 atom stereocenters. The Bertz CT molecular complexity index is 574. The number of carbonyl (C=O) groups is 1. The van der Waals surface area contributed by atoms with Gasteiger partial charge in [-0.3, -0.25) is 4.79 Å². The fraction of sp³-hybridized carbons (Fsp3) is 0.750. The van der Waals surface area contributed by atoms with Crippen molar-refractivity contribution in [3.8, 4) is 0 Å². The second-order valence-corrected chi connectivity index (χ2v) is 8.44. The van der Waals surface area contributed by atoms with Crippen molar-refractivity contribution in [2.75, 3.05) is 0 Å². The minimum Gasteiger partial charge on any atom is -0.299 e. The molecule has 0 amide bonds. The average molecular weight is 302 g/mol. The zero-order valence-electron chi connectivity index (χ0n) is 13.8. The molecule has 2 heteroatoms. The van der Waals surface area contributed by atoms with Gasteiger partial charge in [-0.15, -0.1) is 0 Å². The van der Waals surface area contributed by atoms with E-state index in [4.69, 9.17) is 0 Å². The van der Waals surface area contributed by atoms with Crippen molar-refractivity contribution in [3.05, 3.63) is 23.6 Å². The summed E-state index contributed by atoms with van der Waals surface area (Å²) in [6.07, 6.45) is 11.4. The van der Waals surface area contributed by atoms with Crippen LogP contribution in [0.3, 0.4) is 0 Å². The van der Waals surface area contributed by atoms with Gasteiger partial charge in [0.25, 0.3) is 0 Å². The summed E-state index contributed by atoms with van der Waals surface area (Å²) in [5.41, 5.74) is 2.36. The maximum Gasteiger partial charge on any atom is 0.139 e. The van der Waals surface area contributed by atoms with Gasteiger partial charge in [-0.1, -0.05) is 25.5 Å². The van der Waals surface area contributed by atoms with E-state index in [-0.39, 0.29) is 10.8 Å². The minimum absolute atomic E-state index is 0.0666. The van der Waals surface area contributed by atoms with E-state index in [1.54, 1.807) is 0 Å². The quantitative estimate of drug-likeness (QED) is 0.550. The number of carbonyl (C=O) groups excluding carboxylic acids is 1. The van der Waals surface area contributed by atoms with Crippen LogP contribution < -0.4 is 0 Å². The number of rotatable bonds is 0. The molecular formula is C20H27FO. The van der Waals surface area contributed by atoms with Crippen LogP contribution in [0.2, 0.25) is 0 Å². The highest BCUT2D eigenvalue weighted by Gasteiger charge is 2.59. The molecule has 0 radical (unpaired) electrons. The number of Topliss-reactive ketones (excluding diaryl/α,β-unsaturated/α-hetero) is 1. The van der Waals surface area contributed by atoms with E-state index in [1.165, 1.54) is 12.0 Å². The fourth-order valence-electron chi connectivity index (χ4n) is 6.59. The molecule has 0 aliphatic heterocycles. The molecule has 0 aromatic carbocycles. The van der Waals surface area contributed by atoms with Crippen molar-refractivity contribution in [3.63, 3.8) is 0 Å². The second kappa shape index (κ2) is 4.79. The Kier molecular flexibility index (Phi) is 3.19. The number of hydrogen-bond donors (Lipinski definition) is 0. The summed E-state index contributed by atoms with van der Waals surface area (Å²) < 4.78 is 13.6. The molecule has 3 saturated carbocycles. The van der Waals surface area contributed by atoms with E-state index in [2.05, 4.69) is 19.9 Å². The summed E-state index contributed by atoms with van der Waals surface area (Å²) in [7, 11) is 0. The molecule has 0 unspecified atom stereocenters. The lowest BCUT2D eigenvalue weighted by Gasteiger charge is -2.57. The highest BCUT2D eigenvalue weighted by molar-refractivity contribution is 5.87. The van der Waals surface area contributed by atoms with Crippen LogP contribution in [0.1, 0.15) is 65.2 Å². The first-order valence-corrected chi connectivity index (χ1v) is 9.04. The van der Waals surface area contributed by atoms with Crippen molar-refractivity contribution in [2.45, 2.75) is 65.2 Å². The Morgan fingerprint density at radius 1 is 1.14 bits per heavy atom. The van der Waals surface area contributed by atoms with Gasteiger partial charge in [0.05, 0.1) is 6.33 Å². The van der Waals surface area contributed by atoms with E-state index in [0.717, 1.165) is 56.8 Å². The third-order valence-corrected chi connectivity index (χ3v) is 7.90. The van der Waals surface area contributed by atoms with Crippen molar-refractivity contribution < 1.29 is 9.18 Å². The number of allylic oxidation sites excluding steroid dienone is 3. The Hall–Kier alpha value is -0.920. The maximum atomic E-state index is 13.6. The summed E-state index contributed by atoms with van der Waals surface area (Å²) in [6.45, 7) is 4.50. The molecule has 0 aromatic rings. The Balaban J connectivity index is 1.75. The lowest BCUT2D eigenvalue weighted by atomic mass is 9.46. The third-order valence-electron chi connectivity index (χ3n) is 7.90. The molecule has 3 fully saturated rings. The Morgan fingerprint density at radius 3 is 2.73 bits per heavy atom. The van der Waals surface area contributed by atoms with Crippen LogP contribution in [0, 0.1) is 28.6 Å². The minimum atomic E-state index is -0.0764. The van der Waals surface area contributed by atoms with Gasteiger partial charge in [-0.25, -0.2) is 4.39 Å². The largest absolute Gasteiger partial charge is 0.299 e. The van der Waals surface area contributed by atoms with Crippen molar-refractivity contribution in [2.24, 2.45) is 28.6 Å². The van der Waals surface area contributed by atoms with E-state index in [0.29, 0.717) is 23.5 Å². The summed E-state index contributed by atoms with van der Waals surface area (Å²) in [6, 6.07) is 0. The molecule has 22 heavy (non-hydrogen) atoms. The molecular weight excluding hydrogens is 275 g/mol. The van der Waals surface area contributed by atoms with Crippen molar-refractivity contribution >= 4 is 5.78 Å². The molecule has 4 aliphatic carbocycles. The number of hydrogen-bond acceptors (Lipinski definition) is 1. The Labute approximate surface area is 133 Å². The van der Waals surface area contributed by atoms with E-state index in [9.17, 15) is 9.18 Å². The normalized spacial score (nSPS) is 49.4. The van der Waals surface area contributed by atoms with E-state index >= 15 is 0 Å². The standard InChI is InChI=1S/C20H27FO/c1-19-11-10-17-15(16(19)8-9-18(19)22)7-6-13-4-3-5-14(12-21)20(13,17)2/h4,12,15-17H,3,5-11H2,1-2H3/b14-12+/t15-,16-,17-,19-,20+/m0/s1. The molecule has 1 nitrogen and oxygen atoms in total. The van der Waals surface area contributed by atoms with Gasteiger partial charge in [0, 0.05) is 17.3 Å². The van der Waals surface area contributed by atoms with E-state index < -0.39 is 0 Å². The smallest absolute Gasteiger partial charge is 0.139 e. The maximum absolute atomic E-state index is 13.6. The SMILES string of the molecule is C[C@]12CC[C@H]3[C@@H](CCC4=CCC/C(=C\F)[C@@]43C)[C@@H]1CCC2=O.